The summed E-state index contributed by atoms with van der Waals surface area (Å²) in [6.45, 7) is -0.229. The molecule has 1 saturated heterocycles. The number of rotatable bonds is 10. The molecule has 1 aromatic carbocycles. The minimum atomic E-state index is -1.40. The number of halogens is 2. The van der Waals surface area contributed by atoms with Crippen molar-refractivity contribution in [2.45, 2.75) is 18.6 Å². The van der Waals surface area contributed by atoms with Gasteiger partial charge in [0.1, 0.15) is 11.8 Å². The zero-order chi connectivity index (χ0) is 25.4. The van der Waals surface area contributed by atoms with Gasteiger partial charge in [-0.2, -0.15) is 0 Å². The molecule has 2 atom stereocenters. The highest BCUT2D eigenvalue weighted by Gasteiger charge is 2.27. The molecule has 2 heterocycles. The fraction of sp³-hybridized carbons (Fsp3) is 0.273. The number of carbonyl (C=O) groups excluding carboxylic acids is 3. The SMILES string of the molecule is O=C(/C=C/c1ccco1)NCc1cc(Cl)c(C(=O)NC(CNC(=O)C2CSCN2)C(=O)O)c(Cl)c1. The second-order valence-corrected chi connectivity index (χ2v) is 9.23. The van der Waals surface area contributed by atoms with Crippen molar-refractivity contribution in [1.82, 2.24) is 21.3 Å². The van der Waals surface area contributed by atoms with Crippen molar-refractivity contribution in [3.8, 4) is 0 Å². The van der Waals surface area contributed by atoms with E-state index in [0.29, 0.717) is 23.0 Å². The Kier molecular flexibility index (Phi) is 9.61. The van der Waals surface area contributed by atoms with E-state index in [4.69, 9.17) is 27.6 Å². The van der Waals surface area contributed by atoms with Crippen LogP contribution in [0.4, 0.5) is 0 Å². The van der Waals surface area contributed by atoms with Gasteiger partial charge in [-0.15, -0.1) is 11.8 Å². The zero-order valence-electron chi connectivity index (χ0n) is 18.2. The normalized spacial score (nSPS) is 16.1. The first-order valence-corrected chi connectivity index (χ1v) is 12.3. The maximum Gasteiger partial charge on any atom is 0.328 e. The number of thioether (sulfide) groups is 1. The summed E-state index contributed by atoms with van der Waals surface area (Å²) in [7, 11) is 0. The monoisotopic (exact) mass is 540 g/mol. The summed E-state index contributed by atoms with van der Waals surface area (Å²) in [4.78, 5) is 48.4. The van der Waals surface area contributed by atoms with Gasteiger partial charge in [0.25, 0.3) is 5.91 Å². The molecule has 0 spiro atoms. The van der Waals surface area contributed by atoms with Crippen molar-refractivity contribution in [1.29, 1.82) is 0 Å². The van der Waals surface area contributed by atoms with E-state index in [2.05, 4.69) is 21.3 Å². The van der Waals surface area contributed by atoms with Crippen LogP contribution in [-0.2, 0) is 20.9 Å². The maximum atomic E-state index is 12.7. The van der Waals surface area contributed by atoms with Gasteiger partial charge in [-0.1, -0.05) is 23.2 Å². The number of aliphatic carboxylic acids is 1. The van der Waals surface area contributed by atoms with Crippen molar-refractivity contribution in [3.63, 3.8) is 0 Å². The summed E-state index contributed by atoms with van der Waals surface area (Å²) in [5.74, 6) is -1.14. The molecule has 10 nitrogen and oxygen atoms in total. The third-order valence-electron chi connectivity index (χ3n) is 4.85. The molecule has 1 aliphatic rings. The molecular formula is C22H22Cl2N4O6S. The number of hydrogen-bond acceptors (Lipinski definition) is 7. The van der Waals surface area contributed by atoms with E-state index >= 15 is 0 Å². The predicted molar refractivity (Wildman–Crippen MR) is 132 cm³/mol. The summed E-state index contributed by atoms with van der Waals surface area (Å²) in [6, 6.07) is 4.47. The second-order valence-electron chi connectivity index (χ2n) is 7.38. The fourth-order valence-electron chi connectivity index (χ4n) is 3.06. The summed E-state index contributed by atoms with van der Waals surface area (Å²) < 4.78 is 5.11. The van der Waals surface area contributed by atoms with Crippen molar-refractivity contribution in [2.75, 3.05) is 18.2 Å². The van der Waals surface area contributed by atoms with Crippen LogP contribution in [0.25, 0.3) is 6.08 Å². The molecule has 1 aromatic heterocycles. The lowest BCUT2D eigenvalue weighted by Crippen LogP contribution is -2.51. The van der Waals surface area contributed by atoms with Crippen LogP contribution in [0, 0.1) is 0 Å². The summed E-state index contributed by atoms with van der Waals surface area (Å²) in [5, 5.41) is 19.9. The molecule has 5 N–H and O–H groups in total. The van der Waals surface area contributed by atoms with E-state index < -0.39 is 24.0 Å². The third kappa shape index (κ3) is 7.76. The van der Waals surface area contributed by atoms with E-state index in [1.807, 2.05) is 0 Å². The minimum Gasteiger partial charge on any atom is -0.480 e. The molecular weight excluding hydrogens is 519 g/mol. The number of benzene rings is 1. The van der Waals surface area contributed by atoms with Crippen LogP contribution in [0.2, 0.25) is 10.0 Å². The highest BCUT2D eigenvalue weighted by molar-refractivity contribution is 7.99. The molecule has 2 aromatic rings. The van der Waals surface area contributed by atoms with Crippen molar-refractivity contribution in [2.24, 2.45) is 0 Å². The Balaban J connectivity index is 1.58. The Morgan fingerprint density at radius 1 is 1.23 bits per heavy atom. The number of furan rings is 1. The Labute approximate surface area is 214 Å². The van der Waals surface area contributed by atoms with Gasteiger partial charge in [0.2, 0.25) is 11.8 Å². The van der Waals surface area contributed by atoms with E-state index in [-0.39, 0.29) is 40.5 Å². The van der Waals surface area contributed by atoms with Crippen molar-refractivity contribution in [3.05, 3.63) is 63.5 Å². The Bertz CT molecular complexity index is 1100. The summed E-state index contributed by atoms with van der Waals surface area (Å²) >= 11 is 14.0. The van der Waals surface area contributed by atoms with Gasteiger partial charge in [-0.05, 0) is 35.9 Å². The molecule has 3 rings (SSSR count). The predicted octanol–water partition coefficient (Wildman–Crippen LogP) is 1.88. The lowest BCUT2D eigenvalue weighted by atomic mass is 10.1. The number of carboxylic acid groups (broad SMARTS) is 1. The van der Waals surface area contributed by atoms with Crippen LogP contribution >= 0.6 is 35.0 Å². The first kappa shape index (κ1) is 26.6. The quantitative estimate of drug-likeness (QED) is 0.286. The van der Waals surface area contributed by atoms with Gasteiger partial charge in [-0.3, -0.25) is 19.7 Å². The number of amides is 3. The molecule has 0 bridgehead atoms. The number of nitrogens with one attached hydrogen (secondary N) is 4. The first-order chi connectivity index (χ1) is 16.7. The zero-order valence-corrected chi connectivity index (χ0v) is 20.5. The highest BCUT2D eigenvalue weighted by Crippen LogP contribution is 2.27. The minimum absolute atomic E-state index is 0.0225. The first-order valence-electron chi connectivity index (χ1n) is 10.3. The van der Waals surface area contributed by atoms with Crippen LogP contribution in [0.3, 0.4) is 0 Å². The average molecular weight is 541 g/mol. The van der Waals surface area contributed by atoms with Crippen molar-refractivity contribution >= 4 is 64.7 Å². The van der Waals surface area contributed by atoms with Crippen LogP contribution in [0.5, 0.6) is 0 Å². The smallest absolute Gasteiger partial charge is 0.328 e. The van der Waals surface area contributed by atoms with E-state index in [9.17, 15) is 24.3 Å². The van der Waals surface area contributed by atoms with Crippen LogP contribution < -0.4 is 21.3 Å². The lowest BCUT2D eigenvalue weighted by molar-refractivity contribution is -0.139. The van der Waals surface area contributed by atoms with Gasteiger partial charge in [0.05, 0.1) is 27.9 Å². The molecule has 3 amide bonds. The molecule has 186 valence electrons. The van der Waals surface area contributed by atoms with E-state index in [1.165, 1.54) is 30.5 Å². The highest BCUT2D eigenvalue weighted by atomic mass is 35.5. The molecule has 0 saturated carbocycles. The Morgan fingerprint density at radius 3 is 2.57 bits per heavy atom. The van der Waals surface area contributed by atoms with E-state index in [1.54, 1.807) is 23.9 Å². The molecule has 2 unspecified atom stereocenters. The standard InChI is InChI=1S/C22H22Cl2N4O6S/c23-14-6-12(8-25-18(29)4-3-13-2-1-5-34-13)7-15(24)19(14)21(31)28-16(22(32)33)9-26-20(30)17-10-35-11-27-17/h1-7,16-17,27H,8-11H2,(H,25,29)(H,26,30)(H,28,31)(H,32,33)/b4-3+. The molecule has 0 radical (unpaired) electrons. The van der Waals surface area contributed by atoms with Crippen LogP contribution in [0.15, 0.2) is 41.0 Å². The van der Waals surface area contributed by atoms with Gasteiger partial charge >= 0.3 is 5.97 Å². The largest absolute Gasteiger partial charge is 0.480 e. The number of carbonyl (C=O) groups is 4. The number of hydrogen-bond donors (Lipinski definition) is 5. The molecule has 0 aliphatic carbocycles. The number of carboxylic acids is 1. The average Bonchev–Trinajstić information content (AvgIpc) is 3.52. The Morgan fingerprint density at radius 2 is 1.97 bits per heavy atom. The van der Waals surface area contributed by atoms with Crippen LogP contribution in [-0.4, -0.2) is 59.1 Å². The summed E-state index contributed by atoms with van der Waals surface area (Å²) in [5.41, 5.74) is 0.410. The Hall–Kier alpha value is -2.99. The van der Waals surface area contributed by atoms with Crippen LogP contribution in [0.1, 0.15) is 21.7 Å². The molecule has 35 heavy (non-hydrogen) atoms. The fourth-order valence-corrected chi connectivity index (χ4v) is 4.70. The third-order valence-corrected chi connectivity index (χ3v) is 6.39. The van der Waals surface area contributed by atoms with Gasteiger partial charge < -0.3 is 25.5 Å². The second kappa shape index (κ2) is 12.6. The van der Waals surface area contributed by atoms with Gasteiger partial charge in [-0.25, -0.2) is 4.79 Å². The van der Waals surface area contributed by atoms with Crippen molar-refractivity contribution < 1.29 is 28.7 Å². The van der Waals surface area contributed by atoms with Gasteiger partial charge in [0, 0.05) is 30.8 Å². The lowest BCUT2D eigenvalue weighted by Gasteiger charge is -2.18. The molecule has 13 heteroatoms. The molecule has 1 fully saturated rings. The van der Waals surface area contributed by atoms with E-state index in [0.717, 1.165) is 0 Å². The molecule has 1 aliphatic heterocycles. The maximum absolute atomic E-state index is 12.7. The summed E-state index contributed by atoms with van der Waals surface area (Å²) in [6.07, 6.45) is 4.30. The van der Waals surface area contributed by atoms with Gasteiger partial charge in [0.15, 0.2) is 0 Å². The topological polar surface area (TPSA) is 150 Å².